The molecule has 1 aromatic carbocycles. The second kappa shape index (κ2) is 7.20. The summed E-state index contributed by atoms with van der Waals surface area (Å²) in [5.41, 5.74) is 3.30. The van der Waals surface area contributed by atoms with E-state index in [0.29, 0.717) is 5.92 Å². The Balaban J connectivity index is 1.73. The lowest BCUT2D eigenvalue weighted by Gasteiger charge is -2.30. The average Bonchev–Trinajstić information content (AvgIpc) is 2.68. The van der Waals surface area contributed by atoms with Gasteiger partial charge in [0.2, 0.25) is 0 Å². The molecule has 2 aliphatic rings. The summed E-state index contributed by atoms with van der Waals surface area (Å²) in [6.45, 7) is 1.01. The molecule has 1 saturated carbocycles. The SMILES string of the molecule is OC(c1cc(C2CCCCC2)nc2ccccc12)C1CCCCN1. The highest BCUT2D eigenvalue weighted by molar-refractivity contribution is 5.83. The van der Waals surface area contributed by atoms with Crippen molar-refractivity contribution >= 4 is 10.9 Å². The van der Waals surface area contributed by atoms with Gasteiger partial charge in [-0.25, -0.2) is 0 Å². The molecule has 0 bridgehead atoms. The van der Waals surface area contributed by atoms with Crippen molar-refractivity contribution in [2.24, 2.45) is 0 Å². The number of nitrogens with one attached hydrogen (secondary N) is 1. The fourth-order valence-corrected chi connectivity index (χ4v) is 4.44. The monoisotopic (exact) mass is 324 g/mol. The fourth-order valence-electron chi connectivity index (χ4n) is 4.44. The largest absolute Gasteiger partial charge is 0.387 e. The predicted molar refractivity (Wildman–Crippen MR) is 98.2 cm³/mol. The second-order valence-electron chi connectivity index (χ2n) is 7.49. The first-order chi connectivity index (χ1) is 11.8. The van der Waals surface area contributed by atoms with E-state index < -0.39 is 6.10 Å². The smallest absolute Gasteiger partial charge is 0.0950 e. The van der Waals surface area contributed by atoms with Crippen LogP contribution in [0.15, 0.2) is 30.3 Å². The lowest BCUT2D eigenvalue weighted by atomic mass is 9.84. The van der Waals surface area contributed by atoms with Gasteiger partial charge in [0, 0.05) is 23.0 Å². The van der Waals surface area contributed by atoms with E-state index in [-0.39, 0.29) is 6.04 Å². The van der Waals surface area contributed by atoms with E-state index in [1.807, 2.05) is 0 Å². The first-order valence-corrected chi connectivity index (χ1v) is 9.64. The van der Waals surface area contributed by atoms with Crippen molar-refractivity contribution in [3.05, 3.63) is 41.6 Å². The van der Waals surface area contributed by atoms with Gasteiger partial charge in [-0.05, 0) is 49.9 Å². The lowest BCUT2D eigenvalue weighted by Crippen LogP contribution is -2.38. The van der Waals surface area contributed by atoms with Crippen molar-refractivity contribution in [2.75, 3.05) is 6.54 Å². The van der Waals surface area contributed by atoms with Crippen LogP contribution in [0.5, 0.6) is 0 Å². The number of benzene rings is 1. The van der Waals surface area contributed by atoms with Crippen molar-refractivity contribution in [1.29, 1.82) is 0 Å². The van der Waals surface area contributed by atoms with Crippen molar-refractivity contribution in [1.82, 2.24) is 10.3 Å². The minimum atomic E-state index is -0.444. The summed E-state index contributed by atoms with van der Waals surface area (Å²) in [7, 11) is 0. The Morgan fingerprint density at radius 1 is 1.00 bits per heavy atom. The zero-order chi connectivity index (χ0) is 16.4. The first kappa shape index (κ1) is 16.0. The molecule has 2 aromatic rings. The van der Waals surface area contributed by atoms with E-state index in [1.54, 1.807) is 0 Å². The number of aliphatic hydroxyl groups excluding tert-OH is 1. The van der Waals surface area contributed by atoms with Crippen LogP contribution in [0.3, 0.4) is 0 Å². The van der Waals surface area contributed by atoms with Crippen LogP contribution in [0, 0.1) is 0 Å². The quantitative estimate of drug-likeness (QED) is 0.876. The Hall–Kier alpha value is -1.45. The van der Waals surface area contributed by atoms with Crippen LogP contribution in [0.25, 0.3) is 10.9 Å². The molecule has 2 atom stereocenters. The highest BCUT2D eigenvalue weighted by Crippen LogP contribution is 2.36. The van der Waals surface area contributed by atoms with Gasteiger partial charge in [0.25, 0.3) is 0 Å². The van der Waals surface area contributed by atoms with Crippen LogP contribution in [0.1, 0.15) is 74.6 Å². The summed E-state index contributed by atoms with van der Waals surface area (Å²) in [4.78, 5) is 4.96. The molecule has 24 heavy (non-hydrogen) atoms. The maximum atomic E-state index is 11.1. The Kier molecular flexibility index (Phi) is 4.81. The van der Waals surface area contributed by atoms with Gasteiger partial charge in [-0.1, -0.05) is 43.9 Å². The van der Waals surface area contributed by atoms with Crippen molar-refractivity contribution in [3.8, 4) is 0 Å². The number of aromatic nitrogens is 1. The molecule has 1 aliphatic heterocycles. The third-order valence-electron chi connectivity index (χ3n) is 5.84. The molecular weight excluding hydrogens is 296 g/mol. The lowest BCUT2D eigenvalue weighted by molar-refractivity contribution is 0.115. The van der Waals surface area contributed by atoms with Gasteiger partial charge in [-0.15, -0.1) is 0 Å². The summed E-state index contributed by atoms with van der Waals surface area (Å²) >= 11 is 0. The first-order valence-electron chi connectivity index (χ1n) is 9.64. The van der Waals surface area contributed by atoms with E-state index in [2.05, 4.69) is 35.6 Å². The van der Waals surface area contributed by atoms with Crippen LogP contribution >= 0.6 is 0 Å². The van der Waals surface area contributed by atoms with Gasteiger partial charge in [-0.2, -0.15) is 0 Å². The van der Waals surface area contributed by atoms with E-state index >= 15 is 0 Å². The van der Waals surface area contributed by atoms with E-state index in [0.717, 1.165) is 29.4 Å². The molecule has 0 spiro atoms. The molecule has 2 heterocycles. The van der Waals surface area contributed by atoms with Gasteiger partial charge in [0.1, 0.15) is 0 Å². The average molecular weight is 324 g/mol. The summed E-state index contributed by atoms with van der Waals surface area (Å²) in [5.74, 6) is 0.564. The molecule has 2 N–H and O–H groups in total. The Bertz CT molecular complexity index is 687. The minimum Gasteiger partial charge on any atom is -0.387 e. The maximum absolute atomic E-state index is 11.1. The summed E-state index contributed by atoms with van der Waals surface area (Å²) in [6, 6.07) is 10.7. The Morgan fingerprint density at radius 2 is 1.79 bits per heavy atom. The number of para-hydroxylation sites is 1. The molecule has 4 rings (SSSR count). The molecule has 1 saturated heterocycles. The fraction of sp³-hybridized carbons (Fsp3) is 0.571. The minimum absolute atomic E-state index is 0.170. The molecule has 3 heteroatoms. The van der Waals surface area contributed by atoms with Crippen molar-refractivity contribution in [3.63, 3.8) is 0 Å². The molecule has 1 aliphatic carbocycles. The predicted octanol–water partition coefficient (Wildman–Crippen LogP) is 4.46. The summed E-state index contributed by atoms with van der Waals surface area (Å²) in [5, 5.41) is 15.7. The summed E-state index contributed by atoms with van der Waals surface area (Å²) in [6.07, 6.45) is 9.47. The highest BCUT2D eigenvalue weighted by atomic mass is 16.3. The third-order valence-corrected chi connectivity index (χ3v) is 5.84. The highest BCUT2D eigenvalue weighted by Gasteiger charge is 2.26. The molecule has 2 fully saturated rings. The number of piperidine rings is 1. The number of fused-ring (bicyclic) bond motifs is 1. The Labute approximate surface area is 144 Å². The van der Waals surface area contributed by atoms with E-state index in [1.165, 1.54) is 50.6 Å². The van der Waals surface area contributed by atoms with Gasteiger partial charge < -0.3 is 10.4 Å². The molecule has 3 nitrogen and oxygen atoms in total. The molecule has 0 radical (unpaired) electrons. The van der Waals surface area contributed by atoms with Crippen LogP contribution in [-0.2, 0) is 0 Å². The van der Waals surface area contributed by atoms with Crippen LogP contribution in [0.2, 0.25) is 0 Å². The van der Waals surface area contributed by atoms with Crippen molar-refractivity contribution in [2.45, 2.75) is 69.4 Å². The van der Waals surface area contributed by atoms with E-state index in [4.69, 9.17) is 4.98 Å². The maximum Gasteiger partial charge on any atom is 0.0950 e. The Morgan fingerprint density at radius 3 is 2.58 bits per heavy atom. The third kappa shape index (κ3) is 3.20. The van der Waals surface area contributed by atoms with Crippen LogP contribution in [-0.4, -0.2) is 22.7 Å². The van der Waals surface area contributed by atoms with Gasteiger partial charge in [0.15, 0.2) is 0 Å². The number of hydrogen-bond donors (Lipinski definition) is 2. The number of pyridine rings is 1. The number of nitrogens with zero attached hydrogens (tertiary/aromatic N) is 1. The van der Waals surface area contributed by atoms with Crippen LogP contribution in [0.4, 0.5) is 0 Å². The summed E-state index contributed by atoms with van der Waals surface area (Å²) < 4.78 is 0. The van der Waals surface area contributed by atoms with Crippen molar-refractivity contribution < 1.29 is 5.11 Å². The van der Waals surface area contributed by atoms with Gasteiger partial charge >= 0.3 is 0 Å². The zero-order valence-electron chi connectivity index (χ0n) is 14.4. The zero-order valence-corrected chi connectivity index (χ0v) is 14.4. The van der Waals surface area contributed by atoms with Crippen LogP contribution < -0.4 is 5.32 Å². The molecule has 2 unspecified atom stereocenters. The molecular formula is C21H28N2O. The van der Waals surface area contributed by atoms with E-state index in [9.17, 15) is 5.11 Å². The van der Waals surface area contributed by atoms with Gasteiger partial charge in [-0.3, -0.25) is 4.98 Å². The topological polar surface area (TPSA) is 45.2 Å². The molecule has 0 amide bonds. The molecule has 1 aromatic heterocycles. The normalized spacial score (nSPS) is 24.1. The standard InChI is InChI=1S/C21H28N2O/c24-21(19-12-6-7-13-22-19)17-14-20(15-8-2-1-3-9-15)23-18-11-5-4-10-16(17)18/h4-5,10-11,14-15,19,21-22,24H,1-3,6-9,12-13H2. The number of hydrogen-bond acceptors (Lipinski definition) is 3. The van der Waals surface area contributed by atoms with Gasteiger partial charge in [0.05, 0.1) is 11.6 Å². The second-order valence-corrected chi connectivity index (χ2v) is 7.49. The number of aliphatic hydroxyl groups is 1. The molecule has 128 valence electrons. The number of rotatable bonds is 3.